The molecule has 0 unspecified atom stereocenters. The third kappa shape index (κ3) is 3.89. The molecule has 0 radical (unpaired) electrons. The molecule has 0 bridgehead atoms. The molecule has 0 aliphatic heterocycles. The molecule has 21 heavy (non-hydrogen) atoms. The molecule has 3 N–H and O–H groups in total. The number of halogens is 7. The highest BCUT2D eigenvalue weighted by atomic mass is 19.4. The maximum atomic E-state index is 13.3. The number of anilines is 1. The number of nitrogen functional groups attached to an aromatic ring is 1. The highest BCUT2D eigenvalue weighted by molar-refractivity contribution is 5.94. The average Bonchev–Trinajstić information content (AvgIpc) is 2.23. The summed E-state index contributed by atoms with van der Waals surface area (Å²) in [5, 5.41) is 8.63. The Labute approximate surface area is 111 Å². The lowest BCUT2D eigenvalue weighted by Gasteiger charge is -2.24. The number of aromatic carboxylic acids is 1. The van der Waals surface area contributed by atoms with E-state index in [0.29, 0.717) is 0 Å². The van der Waals surface area contributed by atoms with Gasteiger partial charge in [0.2, 0.25) is 0 Å². The first kappa shape index (κ1) is 16.9. The number of alkyl halides is 6. The van der Waals surface area contributed by atoms with Gasteiger partial charge in [-0.15, -0.1) is 0 Å². The topological polar surface area (TPSA) is 72.5 Å². The molecule has 11 heteroatoms. The molecular weight excluding hydrogens is 315 g/mol. The van der Waals surface area contributed by atoms with Crippen LogP contribution >= 0.6 is 0 Å². The summed E-state index contributed by atoms with van der Waals surface area (Å²) < 4.78 is 90.5. The SMILES string of the molecule is Nc1cc(F)c(OC(C(F)(F)F)C(F)(F)F)cc1C(=O)O. The second-order valence-electron chi connectivity index (χ2n) is 3.76. The molecule has 0 saturated carbocycles. The molecule has 4 nitrogen and oxygen atoms in total. The molecule has 0 aliphatic carbocycles. The van der Waals surface area contributed by atoms with Crippen molar-refractivity contribution in [3.8, 4) is 5.75 Å². The van der Waals surface area contributed by atoms with Crippen LogP contribution in [-0.2, 0) is 0 Å². The number of nitrogens with two attached hydrogens (primary N) is 1. The van der Waals surface area contributed by atoms with E-state index in [0.717, 1.165) is 0 Å². The Morgan fingerprint density at radius 3 is 2.00 bits per heavy atom. The van der Waals surface area contributed by atoms with Gasteiger partial charge in [0, 0.05) is 11.8 Å². The zero-order chi connectivity index (χ0) is 16.6. The number of benzene rings is 1. The molecule has 1 aromatic rings. The highest BCUT2D eigenvalue weighted by Gasteiger charge is 2.59. The van der Waals surface area contributed by atoms with E-state index in [2.05, 4.69) is 4.74 Å². The average molecular weight is 321 g/mol. The first-order valence-corrected chi connectivity index (χ1v) is 4.96. The number of hydrogen-bond acceptors (Lipinski definition) is 3. The summed E-state index contributed by atoms with van der Waals surface area (Å²) >= 11 is 0. The molecule has 0 amide bonds. The van der Waals surface area contributed by atoms with E-state index in [1.807, 2.05) is 0 Å². The molecule has 0 aromatic heterocycles. The van der Waals surface area contributed by atoms with Gasteiger partial charge in [-0.2, -0.15) is 26.3 Å². The van der Waals surface area contributed by atoms with Crippen LogP contribution in [0.1, 0.15) is 10.4 Å². The first-order chi connectivity index (χ1) is 9.34. The Morgan fingerprint density at radius 1 is 1.14 bits per heavy atom. The quantitative estimate of drug-likeness (QED) is 0.663. The van der Waals surface area contributed by atoms with E-state index in [9.17, 15) is 35.5 Å². The summed E-state index contributed by atoms with van der Waals surface area (Å²) in [7, 11) is 0. The van der Waals surface area contributed by atoms with Crippen molar-refractivity contribution in [3.05, 3.63) is 23.5 Å². The van der Waals surface area contributed by atoms with Crippen LogP contribution in [0.25, 0.3) is 0 Å². The Morgan fingerprint density at radius 2 is 1.62 bits per heavy atom. The van der Waals surface area contributed by atoms with Crippen LogP contribution in [-0.4, -0.2) is 29.5 Å². The number of rotatable bonds is 3. The fourth-order valence-electron chi connectivity index (χ4n) is 1.29. The molecule has 1 rings (SSSR count). The van der Waals surface area contributed by atoms with Crippen LogP contribution in [0.15, 0.2) is 12.1 Å². The first-order valence-electron chi connectivity index (χ1n) is 4.96. The standard InChI is InChI=1S/C10H6F7NO3/c11-4-2-5(18)3(7(19)20)1-6(4)21-8(9(12,13)14)10(15,16)17/h1-2,8H,18H2,(H,19,20). The minimum atomic E-state index is -5.87. The smallest absolute Gasteiger partial charge is 0.434 e. The van der Waals surface area contributed by atoms with Gasteiger partial charge >= 0.3 is 18.3 Å². The Hall–Kier alpha value is -2.20. The van der Waals surface area contributed by atoms with Crippen molar-refractivity contribution in [2.24, 2.45) is 0 Å². The number of carbonyl (C=O) groups is 1. The summed E-state index contributed by atoms with van der Waals surface area (Å²) in [6.45, 7) is 0. The van der Waals surface area contributed by atoms with Crippen molar-refractivity contribution in [2.75, 3.05) is 5.73 Å². The number of carboxylic acid groups (broad SMARTS) is 1. The van der Waals surface area contributed by atoms with Crippen molar-refractivity contribution in [3.63, 3.8) is 0 Å². The lowest BCUT2D eigenvalue weighted by molar-refractivity contribution is -0.300. The predicted octanol–water partition coefficient (Wildman–Crippen LogP) is 2.98. The summed E-state index contributed by atoms with van der Waals surface area (Å²) in [5.74, 6) is -4.95. The van der Waals surface area contributed by atoms with Gasteiger partial charge in [0.15, 0.2) is 11.6 Å². The van der Waals surface area contributed by atoms with E-state index in [4.69, 9.17) is 10.8 Å². The van der Waals surface area contributed by atoms with Gasteiger partial charge in [-0.05, 0) is 6.07 Å². The normalized spacial score (nSPS) is 12.6. The summed E-state index contributed by atoms with van der Waals surface area (Å²) in [6.07, 6.45) is -16.0. The van der Waals surface area contributed by atoms with Gasteiger partial charge in [0.25, 0.3) is 6.10 Å². The predicted molar refractivity (Wildman–Crippen MR) is 54.3 cm³/mol. The van der Waals surface area contributed by atoms with Gasteiger partial charge in [-0.1, -0.05) is 0 Å². The summed E-state index contributed by atoms with van der Waals surface area (Å²) in [6, 6.07) is 0.403. The van der Waals surface area contributed by atoms with Crippen molar-refractivity contribution < 1.29 is 45.4 Å². The van der Waals surface area contributed by atoms with Gasteiger partial charge in [-0.3, -0.25) is 0 Å². The van der Waals surface area contributed by atoms with Gasteiger partial charge in [0.05, 0.1) is 5.56 Å². The van der Waals surface area contributed by atoms with Crippen molar-refractivity contribution in [1.29, 1.82) is 0 Å². The van der Waals surface area contributed by atoms with Crippen molar-refractivity contribution in [2.45, 2.75) is 18.5 Å². The van der Waals surface area contributed by atoms with E-state index in [1.54, 1.807) is 0 Å². The maximum absolute atomic E-state index is 13.3. The zero-order valence-electron chi connectivity index (χ0n) is 9.72. The monoisotopic (exact) mass is 321 g/mol. The van der Waals surface area contributed by atoms with Gasteiger partial charge in [0.1, 0.15) is 0 Å². The van der Waals surface area contributed by atoms with Crippen LogP contribution in [0, 0.1) is 5.82 Å². The highest BCUT2D eigenvalue weighted by Crippen LogP contribution is 2.37. The molecule has 0 atom stereocenters. The second kappa shape index (κ2) is 5.30. The van der Waals surface area contributed by atoms with Crippen LogP contribution in [0.5, 0.6) is 5.75 Å². The van der Waals surface area contributed by atoms with E-state index in [-0.39, 0.29) is 12.1 Å². The molecule has 0 fully saturated rings. The molecule has 0 heterocycles. The van der Waals surface area contributed by atoms with E-state index < -0.39 is 47.2 Å². The molecule has 118 valence electrons. The largest absolute Gasteiger partial charge is 0.478 e. The zero-order valence-corrected chi connectivity index (χ0v) is 9.72. The molecular formula is C10H6F7NO3. The number of ether oxygens (including phenoxy) is 1. The summed E-state index contributed by atoms with van der Waals surface area (Å²) in [4.78, 5) is 10.7. The Balaban J connectivity index is 3.28. The molecule has 0 aliphatic rings. The lowest BCUT2D eigenvalue weighted by Crippen LogP contribution is -2.46. The number of hydrogen-bond donors (Lipinski definition) is 2. The van der Waals surface area contributed by atoms with Crippen LogP contribution in [0.2, 0.25) is 0 Å². The number of carboxylic acids is 1. The third-order valence-electron chi connectivity index (χ3n) is 2.17. The van der Waals surface area contributed by atoms with E-state index >= 15 is 0 Å². The Bertz CT molecular complexity index is 539. The molecule has 1 aromatic carbocycles. The summed E-state index contributed by atoms with van der Waals surface area (Å²) in [5.41, 5.74) is 3.50. The maximum Gasteiger partial charge on any atom is 0.434 e. The molecule has 0 saturated heterocycles. The Kier molecular flexibility index (Phi) is 4.25. The van der Waals surface area contributed by atoms with Crippen molar-refractivity contribution in [1.82, 2.24) is 0 Å². The lowest BCUT2D eigenvalue weighted by atomic mass is 10.1. The van der Waals surface area contributed by atoms with Gasteiger partial charge in [-0.25, -0.2) is 9.18 Å². The fourth-order valence-corrected chi connectivity index (χ4v) is 1.29. The fraction of sp³-hybridized carbons (Fsp3) is 0.300. The second-order valence-corrected chi connectivity index (χ2v) is 3.76. The van der Waals surface area contributed by atoms with Crippen LogP contribution in [0.4, 0.5) is 36.4 Å². The minimum Gasteiger partial charge on any atom is -0.478 e. The van der Waals surface area contributed by atoms with Gasteiger partial charge < -0.3 is 15.6 Å². The third-order valence-corrected chi connectivity index (χ3v) is 2.17. The minimum absolute atomic E-state index is 0.150. The van der Waals surface area contributed by atoms with Crippen LogP contribution in [0.3, 0.4) is 0 Å². The van der Waals surface area contributed by atoms with E-state index in [1.165, 1.54) is 0 Å². The molecule has 0 spiro atoms. The van der Waals surface area contributed by atoms with Crippen molar-refractivity contribution >= 4 is 11.7 Å². The van der Waals surface area contributed by atoms with Crippen LogP contribution < -0.4 is 10.5 Å².